The first-order chi connectivity index (χ1) is 7.59. The Hall–Kier alpha value is -2.04. The lowest BCUT2D eigenvalue weighted by Crippen LogP contribution is -2.08. The summed E-state index contributed by atoms with van der Waals surface area (Å²) in [7, 11) is 0. The molecule has 5 heteroatoms. The second-order valence-electron chi connectivity index (χ2n) is 3.62. The average molecular weight is 219 g/mol. The Morgan fingerprint density at radius 2 is 2.12 bits per heavy atom. The van der Waals surface area contributed by atoms with Crippen molar-refractivity contribution in [2.75, 3.05) is 0 Å². The van der Waals surface area contributed by atoms with Crippen LogP contribution in [0.4, 0.5) is 4.39 Å². The number of carbonyl (C=O) groups is 1. The van der Waals surface area contributed by atoms with E-state index in [2.05, 4.69) is 15.4 Å². The second kappa shape index (κ2) is 3.84. The molecule has 4 nitrogen and oxygen atoms in total. The number of aromatic amines is 1. The summed E-state index contributed by atoms with van der Waals surface area (Å²) in [6.45, 7) is 3.48. The van der Waals surface area contributed by atoms with E-state index in [9.17, 15) is 9.18 Å². The van der Waals surface area contributed by atoms with Crippen molar-refractivity contribution in [1.82, 2.24) is 15.4 Å². The molecule has 0 saturated heterocycles. The highest BCUT2D eigenvalue weighted by Gasteiger charge is 2.19. The fourth-order valence-corrected chi connectivity index (χ4v) is 1.64. The van der Waals surface area contributed by atoms with E-state index < -0.39 is 11.6 Å². The number of ketones is 1. The van der Waals surface area contributed by atoms with Gasteiger partial charge < -0.3 is 0 Å². The molecule has 2 aromatic rings. The number of aryl methyl sites for hydroxylation is 2. The lowest BCUT2D eigenvalue weighted by atomic mass is 10.00. The topological polar surface area (TPSA) is 58.6 Å². The highest BCUT2D eigenvalue weighted by Crippen LogP contribution is 2.18. The number of rotatable bonds is 2. The summed E-state index contributed by atoms with van der Waals surface area (Å²) in [5.74, 6) is -0.978. The first-order valence-corrected chi connectivity index (χ1v) is 4.77. The van der Waals surface area contributed by atoms with E-state index in [1.54, 1.807) is 19.9 Å². The Morgan fingerprint density at radius 3 is 2.69 bits per heavy atom. The zero-order valence-electron chi connectivity index (χ0n) is 8.91. The van der Waals surface area contributed by atoms with Gasteiger partial charge in [-0.2, -0.15) is 15.4 Å². The predicted octanol–water partition coefficient (Wildman–Crippen LogP) is 1.79. The third-order valence-electron chi connectivity index (χ3n) is 2.31. The Morgan fingerprint density at radius 1 is 1.38 bits per heavy atom. The number of H-pyrrole nitrogens is 1. The van der Waals surface area contributed by atoms with Gasteiger partial charge in [-0.25, -0.2) is 4.39 Å². The van der Waals surface area contributed by atoms with Crippen LogP contribution in [0.25, 0.3) is 0 Å². The van der Waals surface area contributed by atoms with Gasteiger partial charge in [0.25, 0.3) is 0 Å². The summed E-state index contributed by atoms with van der Waals surface area (Å²) in [4.78, 5) is 11.9. The van der Waals surface area contributed by atoms with Crippen LogP contribution in [0.2, 0.25) is 0 Å². The van der Waals surface area contributed by atoms with Crippen LogP contribution in [0.5, 0.6) is 0 Å². The monoisotopic (exact) mass is 219 g/mol. The smallest absolute Gasteiger partial charge is 0.218 e. The van der Waals surface area contributed by atoms with Crippen LogP contribution in [0.3, 0.4) is 0 Å². The molecule has 0 aliphatic carbocycles. The van der Waals surface area contributed by atoms with Gasteiger partial charge in [0.15, 0.2) is 5.69 Å². The third-order valence-corrected chi connectivity index (χ3v) is 2.31. The number of nitrogens with zero attached hydrogens (tertiary/aromatic N) is 2. The number of aromatic nitrogens is 3. The summed E-state index contributed by atoms with van der Waals surface area (Å²) in [5.41, 5.74) is 1.56. The minimum Gasteiger partial charge on any atom is -0.287 e. The molecule has 0 atom stereocenters. The average Bonchev–Trinajstić information content (AvgIpc) is 2.67. The molecule has 0 spiro atoms. The molecule has 1 aromatic heterocycles. The van der Waals surface area contributed by atoms with E-state index in [4.69, 9.17) is 0 Å². The van der Waals surface area contributed by atoms with Gasteiger partial charge in [-0.15, -0.1) is 0 Å². The van der Waals surface area contributed by atoms with E-state index in [0.717, 1.165) is 5.56 Å². The number of halogens is 1. The quantitative estimate of drug-likeness (QED) is 0.783. The number of hydrogen-bond acceptors (Lipinski definition) is 3. The molecular weight excluding hydrogens is 209 g/mol. The van der Waals surface area contributed by atoms with Crippen LogP contribution in [-0.2, 0) is 0 Å². The first kappa shape index (κ1) is 10.5. The maximum Gasteiger partial charge on any atom is 0.218 e. The van der Waals surface area contributed by atoms with E-state index >= 15 is 0 Å². The van der Waals surface area contributed by atoms with Gasteiger partial charge in [-0.1, -0.05) is 6.07 Å². The van der Waals surface area contributed by atoms with Crippen molar-refractivity contribution < 1.29 is 9.18 Å². The number of nitrogens with one attached hydrogen (secondary N) is 1. The fourth-order valence-electron chi connectivity index (χ4n) is 1.64. The predicted molar refractivity (Wildman–Crippen MR) is 55.7 cm³/mol. The molecular formula is C11H10FN3O. The Kier molecular flexibility index (Phi) is 2.52. The van der Waals surface area contributed by atoms with Crippen LogP contribution in [0.15, 0.2) is 18.3 Å². The first-order valence-electron chi connectivity index (χ1n) is 4.77. The molecule has 1 heterocycles. The largest absolute Gasteiger partial charge is 0.287 e. The number of benzene rings is 1. The fraction of sp³-hybridized carbons (Fsp3) is 0.182. The molecule has 1 aromatic carbocycles. The van der Waals surface area contributed by atoms with Gasteiger partial charge >= 0.3 is 0 Å². The zero-order chi connectivity index (χ0) is 11.7. The second-order valence-corrected chi connectivity index (χ2v) is 3.62. The van der Waals surface area contributed by atoms with Crippen molar-refractivity contribution in [2.45, 2.75) is 13.8 Å². The maximum atomic E-state index is 13.7. The van der Waals surface area contributed by atoms with Crippen LogP contribution in [0.1, 0.15) is 27.2 Å². The van der Waals surface area contributed by atoms with Crippen LogP contribution in [0, 0.1) is 19.7 Å². The van der Waals surface area contributed by atoms with Crippen molar-refractivity contribution in [3.8, 4) is 0 Å². The van der Waals surface area contributed by atoms with Crippen LogP contribution < -0.4 is 0 Å². The van der Waals surface area contributed by atoms with Crippen molar-refractivity contribution in [2.24, 2.45) is 0 Å². The highest BCUT2D eigenvalue weighted by molar-refractivity contribution is 6.08. The molecule has 0 radical (unpaired) electrons. The van der Waals surface area contributed by atoms with Crippen molar-refractivity contribution in [3.05, 3.63) is 46.5 Å². The maximum absolute atomic E-state index is 13.7. The minimum atomic E-state index is -0.523. The molecule has 0 amide bonds. The highest BCUT2D eigenvalue weighted by atomic mass is 19.1. The van der Waals surface area contributed by atoms with Gasteiger partial charge in [0, 0.05) is 0 Å². The molecule has 0 fully saturated rings. The molecule has 16 heavy (non-hydrogen) atoms. The van der Waals surface area contributed by atoms with Gasteiger partial charge in [0.2, 0.25) is 5.78 Å². The lowest BCUT2D eigenvalue weighted by molar-refractivity contribution is 0.103. The lowest BCUT2D eigenvalue weighted by Gasteiger charge is -2.05. The summed E-state index contributed by atoms with van der Waals surface area (Å²) in [6.07, 6.45) is 1.28. The van der Waals surface area contributed by atoms with Gasteiger partial charge in [-0.05, 0) is 31.0 Å². The standard InChI is InChI=1S/C11H10FN3O/c1-6-3-7(2)10(8(12)4-6)11(16)9-5-13-15-14-9/h3-5H,1-2H3,(H,13,14,15). The molecule has 0 bridgehead atoms. The zero-order valence-corrected chi connectivity index (χ0v) is 8.91. The summed E-state index contributed by atoms with van der Waals surface area (Å²) in [6, 6.07) is 3.09. The Bertz CT molecular complexity index is 511. The van der Waals surface area contributed by atoms with E-state index in [1.165, 1.54) is 12.3 Å². The van der Waals surface area contributed by atoms with Gasteiger partial charge in [-0.3, -0.25) is 4.79 Å². The van der Waals surface area contributed by atoms with E-state index in [0.29, 0.717) is 5.56 Å². The van der Waals surface area contributed by atoms with Crippen molar-refractivity contribution >= 4 is 5.78 Å². The molecule has 0 unspecified atom stereocenters. The summed E-state index contributed by atoms with van der Waals surface area (Å²) in [5, 5.41) is 9.50. The molecule has 0 aliphatic heterocycles. The van der Waals surface area contributed by atoms with Crippen molar-refractivity contribution in [3.63, 3.8) is 0 Å². The van der Waals surface area contributed by atoms with Crippen LogP contribution in [-0.4, -0.2) is 21.2 Å². The molecule has 1 N–H and O–H groups in total. The molecule has 2 rings (SSSR count). The number of carbonyl (C=O) groups excluding carboxylic acids is 1. The number of hydrogen-bond donors (Lipinski definition) is 1. The van der Waals surface area contributed by atoms with E-state index in [-0.39, 0.29) is 11.3 Å². The SMILES string of the molecule is Cc1cc(C)c(C(=O)c2cn[nH]n2)c(F)c1. The third kappa shape index (κ3) is 1.71. The minimum absolute atomic E-state index is 0.0551. The van der Waals surface area contributed by atoms with Crippen molar-refractivity contribution in [1.29, 1.82) is 0 Å². The van der Waals surface area contributed by atoms with Gasteiger partial charge in [0.05, 0.1) is 11.8 Å². The molecule has 0 aliphatic rings. The van der Waals surface area contributed by atoms with Gasteiger partial charge in [0.1, 0.15) is 5.82 Å². The molecule has 0 saturated carbocycles. The van der Waals surface area contributed by atoms with E-state index in [1.807, 2.05) is 0 Å². The summed E-state index contributed by atoms with van der Waals surface area (Å²) >= 11 is 0. The Labute approximate surface area is 91.5 Å². The van der Waals surface area contributed by atoms with Crippen LogP contribution >= 0.6 is 0 Å². The normalized spacial score (nSPS) is 10.4. The summed E-state index contributed by atoms with van der Waals surface area (Å²) < 4.78 is 13.7. The molecule has 82 valence electrons. The Balaban J connectivity index is 2.53.